The van der Waals surface area contributed by atoms with E-state index in [0.717, 1.165) is 95.2 Å². The van der Waals surface area contributed by atoms with Gasteiger partial charge < -0.3 is 19.3 Å². The lowest BCUT2D eigenvalue weighted by Crippen LogP contribution is -2.26. The zero-order chi connectivity index (χ0) is 77.2. The van der Waals surface area contributed by atoms with E-state index in [-0.39, 0.29) is 23.0 Å². The molecule has 6 unspecified atom stereocenters. The summed E-state index contributed by atoms with van der Waals surface area (Å²) < 4.78 is 23.9. The van der Waals surface area contributed by atoms with Crippen LogP contribution in [0.4, 0.5) is 4.39 Å². The van der Waals surface area contributed by atoms with E-state index in [1.54, 1.807) is 45.6 Å². The Morgan fingerprint density at radius 2 is 0.758 bits per heavy atom. The molecule has 4 heterocycles. The molecule has 8 rings (SSSR count). The van der Waals surface area contributed by atoms with Crippen molar-refractivity contribution in [2.24, 2.45) is 62.1 Å². The van der Waals surface area contributed by atoms with Gasteiger partial charge in [-0.25, -0.2) is 4.39 Å². The highest BCUT2D eigenvalue weighted by molar-refractivity contribution is 5.73. The highest BCUT2D eigenvalue weighted by Gasteiger charge is 2.36. The van der Waals surface area contributed by atoms with Crippen molar-refractivity contribution in [2.45, 2.75) is 354 Å². The minimum absolute atomic E-state index is 0.0503. The number of hydrogen-bond donors (Lipinski definition) is 0. The summed E-state index contributed by atoms with van der Waals surface area (Å²) in [5.41, 5.74) is 2.05. The summed E-state index contributed by atoms with van der Waals surface area (Å²) in [6.07, 6.45) is 45.8. The maximum Gasteiger partial charge on any atom is 0.219 e. The number of pyridine rings is 2. The normalized spacial score (nSPS) is 20.5. The van der Waals surface area contributed by atoms with Crippen LogP contribution >= 0.6 is 0 Å². The van der Waals surface area contributed by atoms with Gasteiger partial charge in [-0.2, -0.15) is 0 Å². The Hall–Kier alpha value is -3.95. The number of carbonyl (C=O) groups excluding carboxylic acids is 2. The fraction of sp³-hybridized carbons (Fsp3) is 0.778. The van der Waals surface area contributed by atoms with Crippen LogP contribution in [0.15, 0.2) is 110 Å². The molecule has 0 N–H and O–H groups in total. The van der Waals surface area contributed by atoms with E-state index in [4.69, 9.17) is 9.47 Å². The van der Waals surface area contributed by atoms with Gasteiger partial charge in [0.05, 0.1) is 11.2 Å². The molecule has 0 aromatic carbocycles. The highest BCUT2D eigenvalue weighted by atomic mass is 19.1. The number of rotatable bonds is 8. The fourth-order valence-corrected chi connectivity index (χ4v) is 12.8. The molecule has 6 aliphatic rings. The quantitative estimate of drug-likeness (QED) is 0.262. The molecular formula is C90H167FN4O4. The van der Waals surface area contributed by atoms with Crippen LogP contribution in [-0.2, 0) is 19.1 Å². The summed E-state index contributed by atoms with van der Waals surface area (Å²) in [4.78, 5) is 33.7. The number of likely N-dealkylation sites (tertiary alicyclic amines) is 2. The molecule has 0 spiro atoms. The van der Waals surface area contributed by atoms with E-state index in [2.05, 4.69) is 246 Å². The number of allylic oxidation sites excluding steroid dienone is 8. The minimum Gasteiger partial charge on any atom is -0.376 e. The second-order valence-corrected chi connectivity index (χ2v) is 38.1. The molecule has 4 aliphatic carbocycles. The van der Waals surface area contributed by atoms with Crippen molar-refractivity contribution in [1.82, 2.24) is 19.8 Å². The van der Waals surface area contributed by atoms with Gasteiger partial charge in [0, 0.05) is 78.0 Å². The van der Waals surface area contributed by atoms with Gasteiger partial charge in [0.25, 0.3) is 0 Å². The summed E-state index contributed by atoms with van der Waals surface area (Å²) in [6.45, 7) is 74.8. The van der Waals surface area contributed by atoms with Crippen molar-refractivity contribution in [1.29, 1.82) is 0 Å². The lowest BCUT2D eigenvalue weighted by molar-refractivity contribution is -0.128. The number of aromatic nitrogens is 2. The van der Waals surface area contributed by atoms with Crippen LogP contribution in [0.2, 0.25) is 0 Å². The van der Waals surface area contributed by atoms with E-state index < -0.39 is 5.67 Å². The molecular weight excluding hydrogens is 1220 g/mol. The van der Waals surface area contributed by atoms with Crippen LogP contribution < -0.4 is 0 Å². The van der Waals surface area contributed by atoms with E-state index in [0.29, 0.717) is 38.4 Å². The van der Waals surface area contributed by atoms with Crippen LogP contribution in [0.1, 0.15) is 337 Å². The van der Waals surface area contributed by atoms with Crippen molar-refractivity contribution < 1.29 is 23.5 Å². The number of nitrogens with zero attached hydrogens (tertiary/aromatic N) is 4. The molecule has 6 atom stereocenters. The van der Waals surface area contributed by atoms with E-state index in [1.165, 1.54) is 83.5 Å². The molecule has 2 saturated carbocycles. The first-order chi connectivity index (χ1) is 45.3. The maximum absolute atomic E-state index is 13.4. The zero-order valence-corrected chi connectivity index (χ0v) is 71.5. The number of alkyl halides is 1. The van der Waals surface area contributed by atoms with Gasteiger partial charge in [-0.1, -0.05) is 232 Å². The van der Waals surface area contributed by atoms with Crippen LogP contribution in [0.3, 0.4) is 0 Å². The monoisotopic (exact) mass is 1390 g/mol. The molecule has 578 valence electrons. The molecule has 8 nitrogen and oxygen atoms in total. The molecule has 4 fully saturated rings. The van der Waals surface area contributed by atoms with Gasteiger partial charge in [0.2, 0.25) is 11.8 Å². The van der Waals surface area contributed by atoms with Crippen molar-refractivity contribution >= 4 is 11.8 Å². The van der Waals surface area contributed by atoms with Crippen LogP contribution in [-0.4, -0.2) is 87.8 Å². The smallest absolute Gasteiger partial charge is 0.219 e. The average molecular weight is 1390 g/mol. The Morgan fingerprint density at radius 1 is 0.444 bits per heavy atom. The van der Waals surface area contributed by atoms with Gasteiger partial charge in [-0.05, 0) is 239 Å². The third kappa shape index (κ3) is 79.6. The van der Waals surface area contributed by atoms with E-state index in [1.807, 2.05) is 60.0 Å². The third-order valence-corrected chi connectivity index (χ3v) is 16.3. The Kier molecular flexibility index (Phi) is 55.1. The Bertz CT molecular complexity index is 2090. The number of amides is 2. The largest absolute Gasteiger partial charge is 0.376 e. The topological polar surface area (TPSA) is 84.9 Å². The van der Waals surface area contributed by atoms with Crippen molar-refractivity contribution in [3.05, 3.63) is 110 Å². The lowest BCUT2D eigenvalue weighted by Gasteiger charge is -2.23. The van der Waals surface area contributed by atoms with E-state index in [9.17, 15) is 14.0 Å². The minimum atomic E-state index is -0.865. The van der Waals surface area contributed by atoms with Crippen molar-refractivity contribution in [3.63, 3.8) is 0 Å². The van der Waals surface area contributed by atoms with Crippen LogP contribution in [0.5, 0.6) is 0 Å². The Balaban J connectivity index is -0.000000504. The van der Waals surface area contributed by atoms with Crippen LogP contribution in [0, 0.1) is 62.1 Å². The average Bonchev–Trinajstić information content (AvgIpc) is 1.74. The fourth-order valence-electron chi connectivity index (χ4n) is 12.8. The van der Waals surface area contributed by atoms with Crippen molar-refractivity contribution in [3.8, 4) is 0 Å². The highest BCUT2D eigenvalue weighted by Crippen LogP contribution is 2.43. The summed E-state index contributed by atoms with van der Waals surface area (Å²) in [5, 5.41) is 0. The van der Waals surface area contributed by atoms with Gasteiger partial charge in [-0.3, -0.25) is 19.6 Å². The first kappa shape index (κ1) is 101. The lowest BCUT2D eigenvalue weighted by atomic mass is 9.83. The van der Waals surface area contributed by atoms with Crippen LogP contribution in [0.25, 0.3) is 0 Å². The molecule has 2 saturated heterocycles. The van der Waals surface area contributed by atoms with Gasteiger partial charge in [0.15, 0.2) is 0 Å². The molecule has 2 aliphatic heterocycles. The summed E-state index contributed by atoms with van der Waals surface area (Å²) >= 11 is 0. The predicted octanol–water partition coefficient (Wildman–Crippen LogP) is 26.9. The predicted molar refractivity (Wildman–Crippen MR) is 436 cm³/mol. The molecule has 2 aromatic heterocycles. The Labute approximate surface area is 617 Å². The molecule has 2 amide bonds. The number of hydrogen-bond acceptors (Lipinski definition) is 6. The molecule has 9 heteroatoms. The number of carbonyl (C=O) groups is 2. The van der Waals surface area contributed by atoms with Gasteiger partial charge in [-0.15, -0.1) is 0 Å². The maximum atomic E-state index is 13.4. The second kappa shape index (κ2) is 53.8. The molecule has 99 heavy (non-hydrogen) atoms. The zero-order valence-electron chi connectivity index (χ0n) is 71.5. The first-order valence-corrected chi connectivity index (χ1v) is 39.1. The van der Waals surface area contributed by atoms with Gasteiger partial charge >= 0.3 is 0 Å². The van der Waals surface area contributed by atoms with E-state index >= 15 is 0 Å². The molecule has 0 bridgehead atoms. The first-order valence-electron chi connectivity index (χ1n) is 39.1. The number of halogens is 1. The van der Waals surface area contributed by atoms with Gasteiger partial charge in [0.1, 0.15) is 5.67 Å². The summed E-state index contributed by atoms with van der Waals surface area (Å²) in [6, 6.07) is 11.4. The third-order valence-electron chi connectivity index (χ3n) is 16.3. The summed E-state index contributed by atoms with van der Waals surface area (Å²) in [7, 11) is 0. The standard InChI is InChI=1S/C11H21F.2C11H21NO.C11H22.2C7H16.2C6H14O.2C5H5N.2C5H6/c1-10(2,3)7-9-5-6-11(4,12)8-9;2*1-9(13)12-6-5-10(8-12)7-11(2,3)4;1-9-5-6-10(7-9)8-11(2,3)4;2*1-5-6-7(2,3)4;2*1-5-7-6(2,3)4;2*1-2-4-6-5-3-1;2*1-2-4-5-3-1/h9H,5-8H2,1-4H3;2*10H,5-8H2,1-4H3;9-10H,5-8H2,1-4H3;2*5-6H2,1-4H3;2*5H2,1-4H3;2*1-5H;2*1-4H,5H2. The molecule has 2 aromatic rings. The Morgan fingerprint density at radius 3 is 0.909 bits per heavy atom. The van der Waals surface area contributed by atoms with Crippen molar-refractivity contribution in [2.75, 3.05) is 39.4 Å². The second-order valence-electron chi connectivity index (χ2n) is 38.1. The number of ether oxygens (including phenoxy) is 2. The summed E-state index contributed by atoms with van der Waals surface area (Å²) in [5.74, 6) is 4.58. The SMILES string of the molecule is C1=CCC=C1.C1=CCC=C1.CC(=O)N1CCC(CC(C)(C)C)C1.CC(=O)N1CCC(CC(C)(C)C)C1.CC(C)(C)CC1CCC(C)(F)C1.CC1CCC(CC(C)(C)C)C1.CCCC(C)(C)C.CCCC(C)(C)C.CCOC(C)(C)C.CCOC(C)(C)C.c1ccncc1.c1ccncc1. The molecule has 0 radical (unpaired) electrons.